The SMILES string of the molecule is CCNC(C)(C#N)COC1CCCC1. The molecule has 1 rings (SSSR count). The van der Waals surface area contributed by atoms with Crippen molar-refractivity contribution in [2.24, 2.45) is 0 Å². The molecular formula is C11H20N2O. The van der Waals surface area contributed by atoms with Crippen molar-refractivity contribution in [1.29, 1.82) is 5.26 Å². The summed E-state index contributed by atoms with van der Waals surface area (Å²) in [4.78, 5) is 0. The number of ether oxygens (including phenoxy) is 1. The molecule has 0 aromatic heterocycles. The lowest BCUT2D eigenvalue weighted by atomic mass is 10.1. The Morgan fingerprint density at radius 2 is 2.14 bits per heavy atom. The molecule has 0 saturated heterocycles. The predicted molar refractivity (Wildman–Crippen MR) is 55.9 cm³/mol. The molecule has 1 atom stereocenters. The Balaban J connectivity index is 2.29. The molecular weight excluding hydrogens is 176 g/mol. The Kier molecular flexibility index (Phi) is 4.37. The maximum Gasteiger partial charge on any atom is 0.127 e. The van der Waals surface area contributed by atoms with Gasteiger partial charge < -0.3 is 4.74 Å². The largest absolute Gasteiger partial charge is 0.375 e. The van der Waals surface area contributed by atoms with E-state index in [9.17, 15) is 0 Å². The predicted octanol–water partition coefficient (Wildman–Crippen LogP) is 1.84. The molecule has 0 spiro atoms. The minimum atomic E-state index is -0.517. The molecule has 0 aromatic rings. The molecule has 3 heteroatoms. The van der Waals surface area contributed by atoms with Crippen LogP contribution in [0.25, 0.3) is 0 Å². The Morgan fingerprint density at radius 3 is 2.64 bits per heavy atom. The second kappa shape index (κ2) is 5.33. The first-order chi connectivity index (χ1) is 6.70. The Hall–Kier alpha value is -0.590. The molecule has 0 radical (unpaired) electrons. The third-order valence-electron chi connectivity index (χ3n) is 2.72. The summed E-state index contributed by atoms with van der Waals surface area (Å²) < 4.78 is 5.73. The van der Waals surface area contributed by atoms with Crippen LogP contribution in [0.1, 0.15) is 39.5 Å². The van der Waals surface area contributed by atoms with E-state index in [1.165, 1.54) is 12.8 Å². The Morgan fingerprint density at radius 1 is 1.50 bits per heavy atom. The molecule has 14 heavy (non-hydrogen) atoms. The van der Waals surface area contributed by atoms with Gasteiger partial charge in [0.1, 0.15) is 5.54 Å². The van der Waals surface area contributed by atoms with E-state index in [1.807, 2.05) is 13.8 Å². The zero-order valence-electron chi connectivity index (χ0n) is 9.18. The van der Waals surface area contributed by atoms with Gasteiger partial charge in [-0.3, -0.25) is 5.32 Å². The van der Waals surface area contributed by atoms with Gasteiger partial charge in [-0.25, -0.2) is 0 Å². The number of hydrogen-bond acceptors (Lipinski definition) is 3. The van der Waals surface area contributed by atoms with Crippen LogP contribution in [-0.2, 0) is 4.74 Å². The highest BCUT2D eigenvalue weighted by molar-refractivity contribution is 5.03. The lowest BCUT2D eigenvalue weighted by Gasteiger charge is -2.24. The molecule has 1 aliphatic rings. The van der Waals surface area contributed by atoms with E-state index in [0.717, 1.165) is 19.4 Å². The third kappa shape index (κ3) is 3.28. The fourth-order valence-electron chi connectivity index (χ4n) is 1.85. The molecule has 1 aliphatic carbocycles. The number of hydrogen-bond donors (Lipinski definition) is 1. The van der Waals surface area contributed by atoms with Crippen LogP contribution in [0.5, 0.6) is 0 Å². The highest BCUT2D eigenvalue weighted by Crippen LogP contribution is 2.21. The van der Waals surface area contributed by atoms with Crippen molar-refractivity contribution in [3.63, 3.8) is 0 Å². The van der Waals surface area contributed by atoms with E-state index in [2.05, 4.69) is 11.4 Å². The van der Waals surface area contributed by atoms with Crippen molar-refractivity contribution in [2.45, 2.75) is 51.2 Å². The van der Waals surface area contributed by atoms with E-state index in [4.69, 9.17) is 10.00 Å². The summed E-state index contributed by atoms with van der Waals surface area (Å²) in [6.07, 6.45) is 5.26. The molecule has 80 valence electrons. The smallest absolute Gasteiger partial charge is 0.127 e. The molecule has 1 saturated carbocycles. The summed E-state index contributed by atoms with van der Waals surface area (Å²) in [5, 5.41) is 12.1. The minimum absolute atomic E-state index is 0.390. The van der Waals surface area contributed by atoms with Crippen LogP contribution in [0.4, 0.5) is 0 Å². The van der Waals surface area contributed by atoms with Crippen LogP contribution in [0, 0.1) is 11.3 Å². The van der Waals surface area contributed by atoms with Crippen LogP contribution >= 0.6 is 0 Å². The molecule has 1 unspecified atom stereocenters. The van der Waals surface area contributed by atoms with Gasteiger partial charge in [0.05, 0.1) is 18.8 Å². The van der Waals surface area contributed by atoms with Gasteiger partial charge in [-0.1, -0.05) is 19.8 Å². The maximum absolute atomic E-state index is 9.00. The van der Waals surface area contributed by atoms with Crippen LogP contribution in [0.2, 0.25) is 0 Å². The molecule has 0 amide bonds. The molecule has 3 nitrogen and oxygen atoms in total. The number of nitrogens with zero attached hydrogens (tertiary/aromatic N) is 1. The summed E-state index contributed by atoms with van der Waals surface area (Å²) in [6.45, 7) is 5.21. The highest BCUT2D eigenvalue weighted by Gasteiger charge is 2.25. The lowest BCUT2D eigenvalue weighted by Crippen LogP contribution is -2.45. The number of nitriles is 1. The normalized spacial score (nSPS) is 21.8. The van der Waals surface area contributed by atoms with Crippen molar-refractivity contribution in [2.75, 3.05) is 13.2 Å². The maximum atomic E-state index is 9.00. The van der Waals surface area contributed by atoms with Gasteiger partial charge in [-0.2, -0.15) is 5.26 Å². The van der Waals surface area contributed by atoms with Crippen molar-refractivity contribution in [1.82, 2.24) is 5.32 Å². The standard InChI is InChI=1S/C11H20N2O/c1-3-13-11(2,8-12)9-14-10-6-4-5-7-10/h10,13H,3-7,9H2,1-2H3. The summed E-state index contributed by atoms with van der Waals surface area (Å²) >= 11 is 0. The lowest BCUT2D eigenvalue weighted by molar-refractivity contribution is 0.0319. The van der Waals surface area contributed by atoms with Gasteiger partial charge in [0.15, 0.2) is 0 Å². The van der Waals surface area contributed by atoms with Crippen LogP contribution in [0.15, 0.2) is 0 Å². The van der Waals surface area contributed by atoms with E-state index < -0.39 is 5.54 Å². The summed E-state index contributed by atoms with van der Waals surface area (Å²) in [5.74, 6) is 0. The second-order valence-electron chi connectivity index (χ2n) is 4.19. The van der Waals surface area contributed by atoms with E-state index in [-0.39, 0.29) is 0 Å². The molecule has 1 fully saturated rings. The molecule has 0 bridgehead atoms. The van der Waals surface area contributed by atoms with Crippen molar-refractivity contribution in [3.8, 4) is 6.07 Å². The topological polar surface area (TPSA) is 45.0 Å². The second-order valence-corrected chi connectivity index (χ2v) is 4.19. The molecule has 0 aromatic carbocycles. The van der Waals surface area contributed by atoms with Gasteiger partial charge in [-0.05, 0) is 26.3 Å². The van der Waals surface area contributed by atoms with Crippen LogP contribution in [0.3, 0.4) is 0 Å². The summed E-state index contributed by atoms with van der Waals surface area (Å²) in [5.41, 5.74) is -0.517. The van der Waals surface area contributed by atoms with Gasteiger partial charge in [-0.15, -0.1) is 0 Å². The van der Waals surface area contributed by atoms with Crippen LogP contribution in [-0.4, -0.2) is 24.8 Å². The zero-order chi connectivity index (χ0) is 10.4. The minimum Gasteiger partial charge on any atom is -0.375 e. The van der Waals surface area contributed by atoms with Crippen LogP contribution < -0.4 is 5.32 Å². The molecule has 0 heterocycles. The number of likely N-dealkylation sites (N-methyl/N-ethyl adjacent to an activating group) is 1. The van der Waals surface area contributed by atoms with E-state index in [0.29, 0.717) is 12.7 Å². The zero-order valence-corrected chi connectivity index (χ0v) is 9.18. The van der Waals surface area contributed by atoms with Gasteiger partial charge in [0, 0.05) is 0 Å². The van der Waals surface area contributed by atoms with E-state index >= 15 is 0 Å². The third-order valence-corrected chi connectivity index (χ3v) is 2.72. The number of nitrogens with one attached hydrogen (secondary N) is 1. The summed E-state index contributed by atoms with van der Waals surface area (Å²) in [7, 11) is 0. The van der Waals surface area contributed by atoms with Crippen molar-refractivity contribution >= 4 is 0 Å². The monoisotopic (exact) mass is 196 g/mol. The van der Waals surface area contributed by atoms with Crippen molar-refractivity contribution < 1.29 is 4.74 Å². The first-order valence-corrected chi connectivity index (χ1v) is 5.48. The fraction of sp³-hybridized carbons (Fsp3) is 0.909. The quantitative estimate of drug-likeness (QED) is 0.729. The first-order valence-electron chi connectivity index (χ1n) is 5.48. The Bertz CT molecular complexity index is 206. The van der Waals surface area contributed by atoms with E-state index in [1.54, 1.807) is 0 Å². The number of rotatable bonds is 5. The first kappa shape index (κ1) is 11.5. The van der Waals surface area contributed by atoms with Crippen molar-refractivity contribution in [3.05, 3.63) is 0 Å². The van der Waals surface area contributed by atoms with Gasteiger partial charge in [0.2, 0.25) is 0 Å². The fourth-order valence-corrected chi connectivity index (χ4v) is 1.85. The average molecular weight is 196 g/mol. The molecule has 0 aliphatic heterocycles. The van der Waals surface area contributed by atoms with Gasteiger partial charge in [0.25, 0.3) is 0 Å². The summed E-state index contributed by atoms with van der Waals surface area (Å²) in [6, 6.07) is 2.27. The highest BCUT2D eigenvalue weighted by atomic mass is 16.5. The average Bonchev–Trinajstić information content (AvgIpc) is 2.68. The molecule has 1 N–H and O–H groups in total. The van der Waals surface area contributed by atoms with Gasteiger partial charge >= 0.3 is 0 Å². The Labute approximate surface area is 86.4 Å².